The number of aromatic nitrogens is 3. The highest BCUT2D eigenvalue weighted by Crippen LogP contribution is 2.32. The van der Waals surface area contributed by atoms with Crippen LogP contribution in [0.25, 0.3) is 27.6 Å². The molecule has 0 saturated carbocycles. The molecule has 1 N–H and O–H groups in total. The summed E-state index contributed by atoms with van der Waals surface area (Å²) < 4.78 is 41.0. The summed E-state index contributed by atoms with van der Waals surface area (Å²) in [6.45, 7) is 4.00. The Kier molecular flexibility index (Phi) is 4.90. The van der Waals surface area contributed by atoms with Gasteiger partial charge in [0.05, 0.1) is 11.3 Å². The van der Waals surface area contributed by atoms with Crippen molar-refractivity contribution in [2.24, 2.45) is 0 Å². The molecule has 2 aromatic heterocycles. The lowest BCUT2D eigenvalue weighted by atomic mass is 10.2. The van der Waals surface area contributed by atoms with E-state index in [2.05, 4.69) is 4.98 Å². The number of fused-ring (bicyclic) bond motifs is 3. The topological polar surface area (TPSA) is 50.7 Å². The minimum Gasteiger partial charge on any atom is -0.349 e. The SMILES string of the molecule is CC[C@H](C)Sc1nc2c([nH]c3ccccc32)c(=O)n1-c1cccc(C(F)(F)F)c1. The van der Waals surface area contributed by atoms with Gasteiger partial charge in [-0.15, -0.1) is 0 Å². The summed E-state index contributed by atoms with van der Waals surface area (Å²) in [6, 6.07) is 12.2. The highest BCUT2D eigenvalue weighted by molar-refractivity contribution is 7.99. The van der Waals surface area contributed by atoms with Crippen molar-refractivity contribution in [2.45, 2.75) is 36.9 Å². The molecule has 2 heterocycles. The maximum atomic E-state index is 13.3. The second-order valence-electron chi connectivity index (χ2n) is 6.81. The first kappa shape index (κ1) is 19.6. The number of alkyl halides is 3. The molecule has 0 radical (unpaired) electrons. The minimum absolute atomic E-state index is 0.140. The van der Waals surface area contributed by atoms with Crippen molar-refractivity contribution < 1.29 is 13.2 Å². The third-order valence-electron chi connectivity index (χ3n) is 4.81. The van der Waals surface area contributed by atoms with E-state index < -0.39 is 17.3 Å². The normalized spacial score (nSPS) is 13.3. The summed E-state index contributed by atoms with van der Waals surface area (Å²) in [4.78, 5) is 21.1. The molecule has 0 amide bonds. The Morgan fingerprint density at radius 2 is 1.93 bits per heavy atom. The van der Waals surface area contributed by atoms with E-state index in [4.69, 9.17) is 4.98 Å². The van der Waals surface area contributed by atoms with Gasteiger partial charge < -0.3 is 4.98 Å². The molecule has 4 aromatic rings. The van der Waals surface area contributed by atoms with Gasteiger partial charge in [-0.2, -0.15) is 13.2 Å². The van der Waals surface area contributed by atoms with Gasteiger partial charge in [-0.25, -0.2) is 4.98 Å². The number of hydrogen-bond donors (Lipinski definition) is 1. The molecule has 2 aromatic carbocycles. The number of hydrogen-bond acceptors (Lipinski definition) is 3. The largest absolute Gasteiger partial charge is 0.416 e. The number of nitrogens with zero attached hydrogens (tertiary/aromatic N) is 2. The first-order chi connectivity index (χ1) is 13.8. The van der Waals surface area contributed by atoms with Crippen LogP contribution in [0.3, 0.4) is 0 Å². The van der Waals surface area contributed by atoms with Crippen molar-refractivity contribution in [3.63, 3.8) is 0 Å². The molecule has 29 heavy (non-hydrogen) atoms. The van der Waals surface area contributed by atoms with Crippen molar-refractivity contribution in [1.82, 2.24) is 14.5 Å². The quantitative estimate of drug-likeness (QED) is 0.338. The fraction of sp³-hybridized carbons (Fsp3) is 0.238. The van der Waals surface area contributed by atoms with Crippen LogP contribution in [0.2, 0.25) is 0 Å². The standard InChI is InChI=1S/C21H18F3N3OS/c1-3-12(2)29-20-26-17-15-9-4-5-10-16(15)25-18(17)19(28)27(20)14-8-6-7-13(11-14)21(22,23)24/h4-12,25H,3H2,1-2H3/t12-/m0/s1. The Hall–Kier alpha value is -2.74. The van der Waals surface area contributed by atoms with Crippen LogP contribution in [0, 0.1) is 0 Å². The third-order valence-corrected chi connectivity index (χ3v) is 6.03. The molecule has 0 aliphatic rings. The fourth-order valence-corrected chi connectivity index (χ4v) is 4.10. The monoisotopic (exact) mass is 417 g/mol. The number of rotatable bonds is 4. The maximum Gasteiger partial charge on any atom is 0.416 e. The molecule has 0 spiro atoms. The number of thioether (sulfide) groups is 1. The molecule has 0 unspecified atom stereocenters. The van der Waals surface area contributed by atoms with E-state index >= 15 is 0 Å². The number of para-hydroxylation sites is 1. The molecule has 0 fully saturated rings. The molecule has 4 nitrogen and oxygen atoms in total. The zero-order valence-electron chi connectivity index (χ0n) is 15.7. The van der Waals surface area contributed by atoms with Gasteiger partial charge in [0.25, 0.3) is 5.56 Å². The van der Waals surface area contributed by atoms with Crippen LogP contribution in [0.1, 0.15) is 25.8 Å². The summed E-state index contributed by atoms with van der Waals surface area (Å²) in [7, 11) is 0. The van der Waals surface area contributed by atoms with Gasteiger partial charge >= 0.3 is 6.18 Å². The molecule has 0 aliphatic carbocycles. The summed E-state index contributed by atoms with van der Waals surface area (Å²) in [5.74, 6) is 0. The predicted molar refractivity (Wildman–Crippen MR) is 110 cm³/mol. The number of H-pyrrole nitrogens is 1. The first-order valence-electron chi connectivity index (χ1n) is 9.17. The van der Waals surface area contributed by atoms with Crippen LogP contribution in [-0.4, -0.2) is 19.8 Å². The lowest BCUT2D eigenvalue weighted by Gasteiger charge is -2.16. The zero-order valence-corrected chi connectivity index (χ0v) is 16.6. The van der Waals surface area contributed by atoms with Crippen LogP contribution in [0.4, 0.5) is 13.2 Å². The van der Waals surface area contributed by atoms with Gasteiger partial charge in [0.2, 0.25) is 0 Å². The van der Waals surface area contributed by atoms with E-state index in [-0.39, 0.29) is 16.5 Å². The molecule has 0 aliphatic heterocycles. The van der Waals surface area contributed by atoms with Crippen LogP contribution >= 0.6 is 11.8 Å². The molecular formula is C21H18F3N3OS. The summed E-state index contributed by atoms with van der Waals surface area (Å²) in [5.41, 5.74) is 0.475. The van der Waals surface area contributed by atoms with E-state index in [9.17, 15) is 18.0 Å². The van der Waals surface area contributed by atoms with E-state index in [1.807, 2.05) is 38.1 Å². The lowest BCUT2D eigenvalue weighted by molar-refractivity contribution is -0.137. The van der Waals surface area contributed by atoms with E-state index in [0.717, 1.165) is 29.5 Å². The number of benzene rings is 2. The van der Waals surface area contributed by atoms with Crippen LogP contribution < -0.4 is 5.56 Å². The van der Waals surface area contributed by atoms with Crippen molar-refractivity contribution in [1.29, 1.82) is 0 Å². The molecule has 4 rings (SSSR count). The van der Waals surface area contributed by atoms with E-state index in [1.165, 1.54) is 28.5 Å². The van der Waals surface area contributed by atoms with Gasteiger partial charge in [0.1, 0.15) is 11.0 Å². The molecule has 8 heteroatoms. The second kappa shape index (κ2) is 7.26. The first-order valence-corrected chi connectivity index (χ1v) is 10.1. The van der Waals surface area contributed by atoms with Crippen LogP contribution in [0.15, 0.2) is 58.5 Å². The van der Waals surface area contributed by atoms with Crippen molar-refractivity contribution >= 4 is 33.7 Å². The second-order valence-corrected chi connectivity index (χ2v) is 8.22. The molecule has 0 saturated heterocycles. The van der Waals surface area contributed by atoms with Gasteiger partial charge in [-0.1, -0.05) is 49.9 Å². The van der Waals surface area contributed by atoms with Crippen LogP contribution in [0.5, 0.6) is 0 Å². The van der Waals surface area contributed by atoms with Gasteiger partial charge in [0.15, 0.2) is 5.16 Å². The molecule has 1 atom stereocenters. The van der Waals surface area contributed by atoms with Crippen molar-refractivity contribution in [3.8, 4) is 5.69 Å². The Morgan fingerprint density at radius 3 is 2.66 bits per heavy atom. The number of aromatic amines is 1. The summed E-state index contributed by atoms with van der Waals surface area (Å²) >= 11 is 1.38. The van der Waals surface area contributed by atoms with Crippen molar-refractivity contribution in [2.75, 3.05) is 0 Å². The van der Waals surface area contributed by atoms with Crippen LogP contribution in [-0.2, 0) is 6.18 Å². The Bertz CT molecular complexity index is 1260. The predicted octanol–water partition coefficient (Wildman–Crippen LogP) is 5.78. The lowest BCUT2D eigenvalue weighted by Crippen LogP contribution is -2.23. The zero-order chi connectivity index (χ0) is 20.8. The third kappa shape index (κ3) is 3.53. The highest BCUT2D eigenvalue weighted by Gasteiger charge is 2.31. The Labute approximate surface area is 168 Å². The Balaban J connectivity index is 2.04. The van der Waals surface area contributed by atoms with Gasteiger partial charge in [-0.05, 0) is 30.7 Å². The summed E-state index contributed by atoms with van der Waals surface area (Å²) in [5, 5.41) is 1.32. The average molecular weight is 417 g/mol. The highest BCUT2D eigenvalue weighted by atomic mass is 32.2. The van der Waals surface area contributed by atoms with Gasteiger partial charge in [-0.3, -0.25) is 9.36 Å². The smallest absolute Gasteiger partial charge is 0.349 e. The van der Waals surface area contributed by atoms with Crippen molar-refractivity contribution in [3.05, 3.63) is 64.4 Å². The van der Waals surface area contributed by atoms with E-state index in [0.29, 0.717) is 10.7 Å². The molecular weight excluding hydrogens is 399 g/mol. The fourth-order valence-electron chi connectivity index (χ4n) is 3.13. The summed E-state index contributed by atoms with van der Waals surface area (Å²) in [6.07, 6.45) is -3.67. The molecule has 0 bridgehead atoms. The minimum atomic E-state index is -4.50. The number of halogens is 3. The molecule has 150 valence electrons. The Morgan fingerprint density at radius 1 is 1.17 bits per heavy atom. The van der Waals surface area contributed by atoms with Gasteiger partial charge in [0, 0.05) is 16.2 Å². The van der Waals surface area contributed by atoms with E-state index in [1.54, 1.807) is 0 Å². The average Bonchev–Trinajstić information content (AvgIpc) is 3.07. The maximum absolute atomic E-state index is 13.3. The number of nitrogens with one attached hydrogen (secondary N) is 1.